The Morgan fingerprint density at radius 2 is 1.96 bits per heavy atom. The molecule has 1 atom stereocenters. The fraction of sp³-hybridized carbons (Fsp3) is 0.471. The number of aryl methyl sites for hydroxylation is 1. The van der Waals surface area contributed by atoms with Crippen molar-refractivity contribution in [3.05, 3.63) is 28.2 Å². The van der Waals surface area contributed by atoms with Crippen molar-refractivity contribution < 1.29 is 19.1 Å². The van der Waals surface area contributed by atoms with Crippen LogP contribution in [0.3, 0.4) is 0 Å². The molecule has 0 bridgehead atoms. The Bertz CT molecular complexity index is 622. The number of urea groups is 1. The minimum absolute atomic E-state index is 0.225. The van der Waals surface area contributed by atoms with Crippen LogP contribution in [-0.2, 0) is 14.3 Å². The number of anilines is 1. The zero-order valence-electron chi connectivity index (χ0n) is 14.4. The standard InChI is InChI=1S/C17H24BrN3O4/c1-11-7-8-14(13(18)10-11)21-16(23)12(2)25-15(22)6-4-3-5-9-20-17(19)24/h7-8,10,12H,3-6,9H2,1-2H3,(H,21,23)(H3,19,20,24)/t12-/m1/s1. The molecular weight excluding hydrogens is 390 g/mol. The van der Waals surface area contributed by atoms with Crippen molar-refractivity contribution in [1.29, 1.82) is 0 Å². The van der Waals surface area contributed by atoms with Crippen molar-refractivity contribution in [2.24, 2.45) is 5.73 Å². The Balaban J connectivity index is 2.29. The molecule has 0 aliphatic carbocycles. The number of benzene rings is 1. The minimum Gasteiger partial charge on any atom is -0.453 e. The monoisotopic (exact) mass is 413 g/mol. The predicted octanol–water partition coefficient (Wildman–Crippen LogP) is 2.86. The second-order valence-corrected chi connectivity index (χ2v) is 6.56. The summed E-state index contributed by atoms with van der Waals surface area (Å²) in [4.78, 5) is 34.4. The molecule has 0 saturated carbocycles. The normalized spacial score (nSPS) is 11.5. The number of nitrogens with two attached hydrogens (primary N) is 1. The van der Waals surface area contributed by atoms with Gasteiger partial charge in [-0.2, -0.15) is 0 Å². The molecule has 3 amide bonds. The van der Waals surface area contributed by atoms with Gasteiger partial charge >= 0.3 is 12.0 Å². The minimum atomic E-state index is -0.878. The van der Waals surface area contributed by atoms with Gasteiger partial charge in [0, 0.05) is 17.4 Å². The van der Waals surface area contributed by atoms with E-state index >= 15 is 0 Å². The van der Waals surface area contributed by atoms with Crippen molar-refractivity contribution >= 4 is 39.5 Å². The number of hydrogen-bond donors (Lipinski definition) is 3. The quantitative estimate of drug-likeness (QED) is 0.426. The Morgan fingerprint density at radius 1 is 1.24 bits per heavy atom. The Morgan fingerprint density at radius 3 is 2.60 bits per heavy atom. The average molecular weight is 414 g/mol. The Kier molecular flexibility index (Phi) is 8.98. The smallest absolute Gasteiger partial charge is 0.312 e. The van der Waals surface area contributed by atoms with E-state index in [1.54, 1.807) is 6.07 Å². The van der Waals surface area contributed by atoms with Crippen molar-refractivity contribution in [2.45, 2.75) is 45.6 Å². The second kappa shape index (κ2) is 10.7. The molecule has 0 spiro atoms. The number of amides is 3. The lowest BCUT2D eigenvalue weighted by Gasteiger charge is -2.14. The molecule has 0 fully saturated rings. The maximum absolute atomic E-state index is 12.1. The van der Waals surface area contributed by atoms with Gasteiger partial charge in [-0.25, -0.2) is 4.79 Å². The van der Waals surface area contributed by atoms with Crippen LogP contribution in [-0.4, -0.2) is 30.6 Å². The maximum atomic E-state index is 12.1. The lowest BCUT2D eigenvalue weighted by atomic mass is 10.2. The highest BCUT2D eigenvalue weighted by Gasteiger charge is 2.18. The number of nitrogens with one attached hydrogen (secondary N) is 2. The zero-order chi connectivity index (χ0) is 18.8. The van der Waals surface area contributed by atoms with Crippen LogP contribution >= 0.6 is 15.9 Å². The summed E-state index contributed by atoms with van der Waals surface area (Å²) in [5, 5.41) is 5.20. The first kappa shape index (κ1) is 21.0. The van der Waals surface area contributed by atoms with E-state index in [1.807, 2.05) is 19.1 Å². The van der Waals surface area contributed by atoms with Gasteiger partial charge in [0.15, 0.2) is 6.10 Å². The van der Waals surface area contributed by atoms with Crippen molar-refractivity contribution in [3.63, 3.8) is 0 Å². The van der Waals surface area contributed by atoms with Gasteiger partial charge in [-0.1, -0.05) is 12.5 Å². The van der Waals surface area contributed by atoms with Crippen molar-refractivity contribution in [1.82, 2.24) is 5.32 Å². The van der Waals surface area contributed by atoms with Gasteiger partial charge in [0.2, 0.25) is 0 Å². The van der Waals surface area contributed by atoms with Gasteiger partial charge in [0.1, 0.15) is 0 Å². The van der Waals surface area contributed by atoms with E-state index in [4.69, 9.17) is 10.5 Å². The molecule has 138 valence electrons. The number of primary amides is 1. The van der Waals surface area contributed by atoms with Gasteiger partial charge in [-0.05, 0) is 60.3 Å². The summed E-state index contributed by atoms with van der Waals surface area (Å²) in [6, 6.07) is 5.00. The van der Waals surface area contributed by atoms with E-state index in [9.17, 15) is 14.4 Å². The zero-order valence-corrected chi connectivity index (χ0v) is 16.0. The first-order valence-electron chi connectivity index (χ1n) is 8.09. The number of hydrogen-bond acceptors (Lipinski definition) is 4. The molecule has 0 saturated heterocycles. The number of halogens is 1. The molecule has 7 nitrogen and oxygen atoms in total. The van der Waals surface area contributed by atoms with E-state index in [0.717, 1.165) is 22.9 Å². The van der Waals surface area contributed by atoms with Crippen LogP contribution in [0.2, 0.25) is 0 Å². The number of carbonyl (C=O) groups is 3. The fourth-order valence-electron chi connectivity index (χ4n) is 2.05. The van der Waals surface area contributed by atoms with Gasteiger partial charge in [-0.15, -0.1) is 0 Å². The van der Waals surface area contributed by atoms with Gasteiger partial charge < -0.3 is 21.1 Å². The maximum Gasteiger partial charge on any atom is 0.312 e. The molecule has 8 heteroatoms. The summed E-state index contributed by atoms with van der Waals surface area (Å²) >= 11 is 3.38. The summed E-state index contributed by atoms with van der Waals surface area (Å²) in [7, 11) is 0. The number of ether oxygens (including phenoxy) is 1. The van der Waals surface area contributed by atoms with E-state index in [0.29, 0.717) is 18.7 Å². The predicted molar refractivity (Wildman–Crippen MR) is 99.1 cm³/mol. The van der Waals surface area contributed by atoms with Gasteiger partial charge in [0.05, 0.1) is 5.69 Å². The third-order valence-corrected chi connectivity index (χ3v) is 4.07. The van der Waals surface area contributed by atoms with Crippen molar-refractivity contribution in [3.8, 4) is 0 Å². The Labute approximate surface area is 155 Å². The van der Waals surface area contributed by atoms with E-state index in [-0.39, 0.29) is 12.3 Å². The van der Waals surface area contributed by atoms with Crippen LogP contribution in [0.5, 0.6) is 0 Å². The largest absolute Gasteiger partial charge is 0.453 e. The van der Waals surface area contributed by atoms with Crippen LogP contribution in [0.25, 0.3) is 0 Å². The van der Waals surface area contributed by atoms with Crippen LogP contribution in [0.15, 0.2) is 22.7 Å². The lowest BCUT2D eigenvalue weighted by molar-refractivity contribution is -0.153. The highest BCUT2D eigenvalue weighted by Crippen LogP contribution is 2.23. The number of unbranched alkanes of at least 4 members (excludes halogenated alkanes) is 2. The molecule has 0 aromatic heterocycles. The average Bonchev–Trinajstić information content (AvgIpc) is 2.52. The first-order chi connectivity index (χ1) is 11.8. The third kappa shape index (κ3) is 8.53. The third-order valence-electron chi connectivity index (χ3n) is 3.42. The van der Waals surface area contributed by atoms with Crippen LogP contribution in [0, 0.1) is 6.92 Å². The molecule has 0 unspecified atom stereocenters. The molecule has 4 N–H and O–H groups in total. The summed E-state index contributed by atoms with van der Waals surface area (Å²) in [6.07, 6.45) is 1.46. The first-order valence-corrected chi connectivity index (χ1v) is 8.88. The molecule has 0 aliphatic rings. The number of esters is 1. The highest BCUT2D eigenvalue weighted by molar-refractivity contribution is 9.10. The summed E-state index contributed by atoms with van der Waals surface area (Å²) in [5.41, 5.74) is 6.64. The van der Waals surface area contributed by atoms with Crippen LogP contribution in [0.4, 0.5) is 10.5 Å². The molecule has 0 heterocycles. The molecule has 0 aliphatic heterocycles. The van der Waals surface area contributed by atoms with Gasteiger partial charge in [-0.3, -0.25) is 9.59 Å². The molecule has 1 aromatic carbocycles. The molecule has 1 aromatic rings. The van der Waals surface area contributed by atoms with Crippen molar-refractivity contribution in [2.75, 3.05) is 11.9 Å². The van der Waals surface area contributed by atoms with E-state index < -0.39 is 18.1 Å². The van der Waals surface area contributed by atoms with E-state index in [2.05, 4.69) is 26.6 Å². The summed E-state index contributed by atoms with van der Waals surface area (Å²) in [6.45, 7) is 3.96. The highest BCUT2D eigenvalue weighted by atomic mass is 79.9. The van der Waals surface area contributed by atoms with E-state index in [1.165, 1.54) is 6.92 Å². The molecular formula is C17H24BrN3O4. The lowest BCUT2D eigenvalue weighted by Crippen LogP contribution is -2.30. The second-order valence-electron chi connectivity index (χ2n) is 5.71. The number of carbonyl (C=O) groups excluding carboxylic acids is 3. The molecule has 1 rings (SSSR count). The van der Waals surface area contributed by atoms with Gasteiger partial charge in [0.25, 0.3) is 5.91 Å². The Hall–Kier alpha value is -2.09. The fourth-order valence-corrected chi connectivity index (χ4v) is 2.64. The van der Waals surface area contributed by atoms with Crippen LogP contribution in [0.1, 0.15) is 38.2 Å². The summed E-state index contributed by atoms with van der Waals surface area (Å²) < 4.78 is 5.90. The molecule has 25 heavy (non-hydrogen) atoms. The van der Waals surface area contributed by atoms with Crippen LogP contribution < -0.4 is 16.4 Å². The topological polar surface area (TPSA) is 111 Å². The SMILES string of the molecule is Cc1ccc(NC(=O)[C@@H](C)OC(=O)CCCCCNC(N)=O)c(Br)c1. The number of rotatable bonds is 9. The molecule has 0 radical (unpaired) electrons. The summed E-state index contributed by atoms with van der Waals surface area (Å²) in [5.74, 6) is -0.808.